The normalized spacial score (nSPS) is 19.0. The predicted octanol–water partition coefficient (Wildman–Crippen LogP) is 2.84. The van der Waals surface area contributed by atoms with Crippen molar-refractivity contribution in [3.05, 3.63) is 144 Å². The largest absolute Gasteiger partial charge is 0.748 e. The molecule has 12 atom stereocenters. The SMILES string of the molecule is CCN(CCCCCC(=O)NCCNC(=O)O[C@@H]1[C@H](O)[C@@H](COP(=O)(O)OP(=O)(O)OP(O)(O)=S)O[C@H]1n1cnc2c(N)ncnc21)c1ccc2cc(-c3cc[n+](CCCS(=O)(=O)[O-])cc3)c(=O)oc2c1.CCN(CCCCCC(=O)NCCNC(=O)O[C@H]1[C@@H](O)[C@H](n2cnc3c(N)ncnc32)O[C@@H]1COP(=O)(O)OP(=O)(O)OP(O)(O)=S)c1ccc2cc(-c3cc[n+](CCCS(=O)(=O)[O-])cc3)c(=O)oc2c1. The van der Waals surface area contributed by atoms with Gasteiger partial charge < -0.3 is 129 Å². The molecule has 0 spiro atoms. The van der Waals surface area contributed by atoms with E-state index in [9.17, 15) is 103 Å². The fourth-order valence-corrected chi connectivity index (χ4v) is 23.2. The van der Waals surface area contributed by atoms with E-state index in [-0.39, 0.29) is 97.6 Å². The Morgan fingerprint density at radius 3 is 1.30 bits per heavy atom. The highest BCUT2D eigenvalue weighted by molar-refractivity contribution is 8.08. The fraction of sp³-hybridized carbons (Fsp3) is 0.447. The van der Waals surface area contributed by atoms with E-state index < -0.39 is 162 Å². The average molecular weight is 2190 g/mol. The maximum Gasteiger partial charge on any atom is 0.488 e. The van der Waals surface area contributed by atoms with E-state index >= 15 is 0 Å². The van der Waals surface area contributed by atoms with Crippen LogP contribution in [0, 0.1) is 0 Å². The standard InChI is InChI=1S/2C38H50N9O19P3S2/c1-2-46(26-9-8-25-19-27(37(50)63-28(25)20-26)24-10-16-45(17-11-24)14-6-18-71(58,59)60)15-5-3-4-7-30(48)40-12-13-41-38(51)64-33-29(21-61-67(52,53)65-68(54,55)66-69(56,57)70)62-36(32(33)49)47-23-44-31-34(39)42-22-43-35(31)47;1-2-46(26-9-8-25-19-27(37(50)63-28(25)20-26)24-10-16-45(17-11-24)14-6-18-71(58,59)60)15-5-3-4-7-30(48)40-12-13-41-38(51)64-33-32(49)29(21-61-67(52,53)65-68(54,55)66-69(56,57)70)62-36(33)47-23-44-31-34(39)42-22-43-35(31)47/h2*8-11,16-17,19-20,22-23,29,32-33,36,49H,2-7,12-15,18,21H2,1H3,(H8-,39,40,41,42,43,48,51,52,53,54,55,56,57,58,59,60,70)/t2*29-,32-,33-,36-/m11/s1. The summed E-state index contributed by atoms with van der Waals surface area (Å²) in [4.78, 5) is 181. The zero-order valence-electron chi connectivity index (χ0n) is 74.9. The van der Waals surface area contributed by atoms with Crippen LogP contribution in [0.15, 0.2) is 141 Å². The second kappa shape index (κ2) is 49.4. The number of benzene rings is 2. The van der Waals surface area contributed by atoms with E-state index in [1.54, 1.807) is 82.5 Å². The van der Waals surface area contributed by atoms with Crippen molar-refractivity contribution < 1.29 is 176 Å². The summed E-state index contributed by atoms with van der Waals surface area (Å²) in [6, 6.07) is 21.5. The summed E-state index contributed by atoms with van der Waals surface area (Å²) in [5.74, 6) is -1.55. The molecule has 66 heteroatoms. The molecule has 0 aliphatic carbocycles. The molecule has 2 fully saturated rings. The molecule has 0 bridgehead atoms. The Morgan fingerprint density at radius 2 is 0.894 bits per heavy atom. The number of carbonyl (C=O) groups excluding carboxylic acids is 4. The number of imidazole rings is 2. The van der Waals surface area contributed by atoms with Crippen LogP contribution in [0.1, 0.15) is 90.5 Å². The highest BCUT2D eigenvalue weighted by Gasteiger charge is 2.52. The van der Waals surface area contributed by atoms with Crippen molar-refractivity contribution >= 4 is 180 Å². The Bertz CT molecular complexity index is 6840. The maximum absolute atomic E-state index is 13.0. The number of rotatable bonds is 50. The van der Waals surface area contributed by atoms with Gasteiger partial charge in [0.15, 0.2) is 72.4 Å². The monoisotopic (exact) mass is 2190 g/mol. The molecule has 10 aromatic rings. The number of ether oxygens (including phenoxy) is 4. The van der Waals surface area contributed by atoms with E-state index in [4.69, 9.17) is 67.9 Å². The Kier molecular flexibility index (Phi) is 39.2. The first-order valence-electron chi connectivity index (χ1n) is 42.9. The van der Waals surface area contributed by atoms with Gasteiger partial charge in [-0.3, -0.25) is 27.8 Å². The molecule has 4 unspecified atom stereocenters. The van der Waals surface area contributed by atoms with E-state index in [1.807, 2.05) is 38.1 Å². The minimum atomic E-state index is -5.67. The lowest BCUT2D eigenvalue weighted by molar-refractivity contribution is -0.696. The number of nitrogens with zero attached hydrogens (tertiary/aromatic N) is 12. The summed E-state index contributed by atoms with van der Waals surface area (Å²) in [5, 5.41) is 34.1. The number of aryl methyl sites for hydroxylation is 2. The number of aromatic nitrogens is 10. The van der Waals surface area contributed by atoms with E-state index in [1.165, 1.54) is 21.8 Å². The van der Waals surface area contributed by atoms with Crippen molar-refractivity contribution in [1.29, 1.82) is 0 Å². The van der Waals surface area contributed by atoms with Gasteiger partial charge in [0, 0.05) is 159 Å². The number of phosphoric acid groups is 4. The van der Waals surface area contributed by atoms with Gasteiger partial charge in [0.1, 0.15) is 72.4 Å². The summed E-state index contributed by atoms with van der Waals surface area (Å²) in [6.07, 6.45) is 0.998. The lowest BCUT2D eigenvalue weighted by atomic mass is 10.1. The molecular weight excluding hydrogens is 2090 g/mol. The molecule has 56 nitrogen and oxygen atoms in total. The quantitative estimate of drug-likeness (QED) is 0.00857. The topological polar surface area (TPSA) is 808 Å². The number of amides is 4. The van der Waals surface area contributed by atoms with Crippen molar-refractivity contribution in [3.8, 4) is 22.3 Å². The van der Waals surface area contributed by atoms with Gasteiger partial charge in [-0.2, -0.15) is 8.62 Å². The zero-order valence-corrected chi connectivity index (χ0v) is 83.5. The van der Waals surface area contributed by atoms with Gasteiger partial charge in [-0.1, -0.05) is 12.8 Å². The smallest absolute Gasteiger partial charge is 0.488 e. The first-order valence-corrected chi connectivity index (χ1v) is 57.2. The van der Waals surface area contributed by atoms with Crippen LogP contribution < -0.4 is 62.9 Å². The third kappa shape index (κ3) is 33.7. The number of aliphatic hydroxyl groups is 2. The van der Waals surface area contributed by atoms with E-state index in [2.05, 4.69) is 102 Å². The Morgan fingerprint density at radius 1 is 0.500 bits per heavy atom. The first-order chi connectivity index (χ1) is 66.8. The number of hydrogen-bond donors (Lipinski definition) is 16. The van der Waals surface area contributed by atoms with Crippen LogP contribution in [0.25, 0.3) is 66.5 Å². The molecule has 8 aromatic heterocycles. The predicted molar refractivity (Wildman–Crippen MR) is 502 cm³/mol. The first kappa shape index (κ1) is 113. The molecule has 142 heavy (non-hydrogen) atoms. The van der Waals surface area contributed by atoms with Crippen LogP contribution in [0.4, 0.5) is 32.6 Å². The van der Waals surface area contributed by atoms with Crippen molar-refractivity contribution in [3.63, 3.8) is 0 Å². The number of nitrogen functional groups attached to an aromatic ring is 2. The van der Waals surface area contributed by atoms with E-state index in [0.29, 0.717) is 109 Å². The molecule has 4 amide bonds. The number of fused-ring (bicyclic) bond motifs is 4. The van der Waals surface area contributed by atoms with Gasteiger partial charge >= 0.3 is 68.2 Å². The average Bonchev–Trinajstić information content (AvgIpc) is 1.58. The van der Waals surface area contributed by atoms with Crippen LogP contribution in [0.2, 0.25) is 0 Å². The second-order valence-electron chi connectivity index (χ2n) is 31.3. The van der Waals surface area contributed by atoms with Crippen molar-refractivity contribution in [2.75, 3.05) is 98.3 Å². The van der Waals surface area contributed by atoms with Crippen molar-refractivity contribution in [2.24, 2.45) is 0 Å². The summed E-state index contributed by atoms with van der Waals surface area (Å²) in [7, 11) is -31.0. The molecule has 776 valence electrons. The number of phosphoric ester groups is 2. The molecule has 12 rings (SSSR count). The van der Waals surface area contributed by atoms with Crippen LogP contribution in [0.3, 0.4) is 0 Å². The summed E-state index contributed by atoms with van der Waals surface area (Å²) in [6.45, 7) is -4.79. The Labute approximate surface area is 816 Å². The third-order valence-electron chi connectivity index (χ3n) is 21.1. The summed E-state index contributed by atoms with van der Waals surface area (Å²) in [5.41, 5.74) is 15.5. The van der Waals surface area contributed by atoms with Crippen LogP contribution in [-0.2, 0) is 130 Å². The minimum Gasteiger partial charge on any atom is -0.748 e. The maximum atomic E-state index is 13.0. The van der Waals surface area contributed by atoms with Crippen molar-refractivity contribution in [2.45, 2.75) is 140 Å². The molecule has 0 saturated carbocycles. The Balaban J connectivity index is 0.000000271. The number of unbranched alkanes of at least 4 members (excludes halogenated alkanes) is 4. The van der Waals surface area contributed by atoms with Crippen LogP contribution in [-0.4, -0.2) is 252 Å². The van der Waals surface area contributed by atoms with Crippen LogP contribution in [0.5, 0.6) is 0 Å². The number of hydrogen-bond acceptors (Lipinski definition) is 42. The molecule has 2 aliphatic rings. The molecule has 2 aliphatic heterocycles. The van der Waals surface area contributed by atoms with Gasteiger partial charge in [0.2, 0.25) is 11.8 Å². The lowest BCUT2D eigenvalue weighted by Crippen LogP contribution is -2.42. The van der Waals surface area contributed by atoms with Gasteiger partial charge in [0.25, 0.3) is 0 Å². The number of nitrogens with one attached hydrogen (secondary N) is 4. The summed E-state index contributed by atoms with van der Waals surface area (Å²) < 4.78 is 179. The molecular formula is C76H100N18O38P6S4. The van der Waals surface area contributed by atoms with Crippen molar-refractivity contribution in [1.82, 2.24) is 60.3 Å². The Hall–Kier alpha value is -9.74. The third-order valence-corrected chi connectivity index (χ3v) is 31.5. The van der Waals surface area contributed by atoms with Gasteiger partial charge in [-0.15, -0.1) is 0 Å². The number of nitrogens with two attached hydrogens (primary N) is 2. The molecule has 10 heterocycles. The molecule has 2 aromatic carbocycles. The van der Waals surface area contributed by atoms with E-state index in [0.717, 1.165) is 36.9 Å². The number of carbonyl (C=O) groups is 4. The van der Waals surface area contributed by atoms with Gasteiger partial charge in [-0.05, 0) is 99.5 Å². The fourth-order valence-electron chi connectivity index (χ4n) is 14.6. The second-order valence-corrected chi connectivity index (χ2v) is 46.1. The molecule has 2 saturated heterocycles. The zero-order chi connectivity index (χ0) is 103. The van der Waals surface area contributed by atoms with Gasteiger partial charge in [0.05, 0.1) is 57.2 Å². The number of aliphatic hydroxyl groups excluding tert-OH is 2. The summed E-state index contributed by atoms with van der Waals surface area (Å²) >= 11 is 8.15. The molecule has 0 radical (unpaired) electrons. The lowest BCUT2D eigenvalue weighted by Gasteiger charge is -2.23. The number of anilines is 4. The highest BCUT2D eigenvalue weighted by Crippen LogP contribution is 2.68. The molecule has 18 N–H and O–H groups in total. The van der Waals surface area contributed by atoms with Gasteiger partial charge in [-0.25, -0.2) is 102 Å². The number of pyridine rings is 2. The van der Waals surface area contributed by atoms with Crippen LogP contribution >= 0.6 is 44.7 Å². The minimum absolute atomic E-state index is 0.0000391. The number of alkyl carbamates (subject to hydrolysis) is 2. The highest BCUT2D eigenvalue weighted by atomic mass is 32.5.